The van der Waals surface area contributed by atoms with Crippen molar-refractivity contribution in [2.24, 2.45) is 0 Å². The summed E-state index contributed by atoms with van der Waals surface area (Å²) in [7, 11) is 1.55. The fourth-order valence-electron chi connectivity index (χ4n) is 3.25. The summed E-state index contributed by atoms with van der Waals surface area (Å²) in [6.07, 6.45) is 5.92. The van der Waals surface area contributed by atoms with E-state index in [0.29, 0.717) is 17.7 Å². The Labute approximate surface area is 161 Å². The molecule has 0 aliphatic rings. The fourth-order valence-corrected chi connectivity index (χ4v) is 3.25. The SMILES string of the molecule is CNC(=O)c1cc(C(=O)Cc2cn[nH]c2)cc(Cc2cccc3[nH]ccc23)n1. The maximum Gasteiger partial charge on any atom is 0.269 e. The van der Waals surface area contributed by atoms with Crippen LogP contribution in [0, 0.1) is 0 Å². The topological polar surface area (TPSA) is 104 Å². The second-order valence-corrected chi connectivity index (χ2v) is 6.55. The van der Waals surface area contributed by atoms with E-state index in [2.05, 4.69) is 25.5 Å². The standard InChI is InChI=1S/C21H19N5O2/c1-22-21(28)19-10-15(20(27)7-13-11-24-25-12-13)9-16(26-19)8-14-3-2-4-18-17(14)5-6-23-18/h2-6,9-12,23H,7-8H2,1H3,(H,22,28)(H,24,25). The molecule has 3 aromatic heterocycles. The van der Waals surface area contributed by atoms with E-state index in [-0.39, 0.29) is 23.8 Å². The van der Waals surface area contributed by atoms with Gasteiger partial charge in [0.05, 0.1) is 6.20 Å². The van der Waals surface area contributed by atoms with Gasteiger partial charge >= 0.3 is 0 Å². The number of ketones is 1. The molecular weight excluding hydrogens is 354 g/mol. The third kappa shape index (κ3) is 3.55. The number of benzene rings is 1. The molecule has 0 saturated heterocycles. The van der Waals surface area contributed by atoms with Crippen LogP contribution in [0.15, 0.2) is 55.0 Å². The van der Waals surface area contributed by atoms with Gasteiger partial charge in [0, 0.05) is 54.4 Å². The van der Waals surface area contributed by atoms with Crippen molar-refractivity contribution in [3.8, 4) is 0 Å². The fraction of sp³-hybridized carbons (Fsp3) is 0.143. The Hall–Kier alpha value is -3.74. The Kier molecular flexibility index (Phi) is 4.72. The molecule has 0 fully saturated rings. The molecule has 3 N–H and O–H groups in total. The molecule has 0 spiro atoms. The zero-order chi connectivity index (χ0) is 19.5. The van der Waals surface area contributed by atoms with Crippen LogP contribution in [0.2, 0.25) is 0 Å². The van der Waals surface area contributed by atoms with Gasteiger partial charge in [-0.25, -0.2) is 4.98 Å². The lowest BCUT2D eigenvalue weighted by Gasteiger charge is -2.09. The van der Waals surface area contributed by atoms with E-state index in [9.17, 15) is 9.59 Å². The summed E-state index contributed by atoms with van der Waals surface area (Å²) in [6.45, 7) is 0. The van der Waals surface area contributed by atoms with Crippen LogP contribution in [0.1, 0.15) is 37.7 Å². The number of pyridine rings is 1. The zero-order valence-electron chi connectivity index (χ0n) is 15.3. The van der Waals surface area contributed by atoms with Crippen LogP contribution in [0.25, 0.3) is 10.9 Å². The molecule has 28 heavy (non-hydrogen) atoms. The van der Waals surface area contributed by atoms with Gasteiger partial charge in [0.1, 0.15) is 5.69 Å². The van der Waals surface area contributed by atoms with Crippen LogP contribution in [-0.2, 0) is 12.8 Å². The number of carbonyl (C=O) groups is 2. The van der Waals surface area contributed by atoms with Crippen LogP contribution in [0.3, 0.4) is 0 Å². The van der Waals surface area contributed by atoms with E-state index in [1.807, 2.05) is 30.5 Å². The molecule has 7 nitrogen and oxygen atoms in total. The van der Waals surface area contributed by atoms with E-state index < -0.39 is 0 Å². The molecule has 1 amide bonds. The molecule has 0 unspecified atom stereocenters. The van der Waals surface area contributed by atoms with E-state index in [1.165, 1.54) is 0 Å². The molecule has 0 aliphatic carbocycles. The molecule has 0 atom stereocenters. The van der Waals surface area contributed by atoms with Crippen LogP contribution in [0.5, 0.6) is 0 Å². The summed E-state index contributed by atoms with van der Waals surface area (Å²) in [4.78, 5) is 32.6. The number of Topliss-reactive ketones (excluding diaryl/α,β-unsaturated/α-hetero) is 1. The second-order valence-electron chi connectivity index (χ2n) is 6.55. The van der Waals surface area contributed by atoms with Crippen molar-refractivity contribution in [1.82, 2.24) is 25.5 Å². The molecule has 4 rings (SSSR count). The van der Waals surface area contributed by atoms with Gasteiger partial charge in [0.2, 0.25) is 0 Å². The van der Waals surface area contributed by atoms with Crippen molar-refractivity contribution in [1.29, 1.82) is 0 Å². The Balaban J connectivity index is 1.70. The first kappa shape index (κ1) is 17.7. The summed E-state index contributed by atoms with van der Waals surface area (Å²) in [6, 6.07) is 11.3. The molecule has 4 aromatic rings. The average molecular weight is 373 g/mol. The van der Waals surface area contributed by atoms with Crippen LogP contribution in [0.4, 0.5) is 0 Å². The first-order valence-corrected chi connectivity index (χ1v) is 8.93. The molecule has 0 radical (unpaired) electrons. The maximum absolute atomic E-state index is 12.7. The molecule has 3 heterocycles. The average Bonchev–Trinajstić information content (AvgIpc) is 3.39. The molecule has 1 aromatic carbocycles. The van der Waals surface area contributed by atoms with E-state index in [0.717, 1.165) is 22.0 Å². The first-order valence-electron chi connectivity index (χ1n) is 8.93. The van der Waals surface area contributed by atoms with Gasteiger partial charge in [0.25, 0.3) is 5.91 Å². The number of aromatic amines is 2. The van der Waals surface area contributed by atoms with Gasteiger partial charge in [-0.05, 0) is 35.4 Å². The third-order valence-corrected chi connectivity index (χ3v) is 4.64. The van der Waals surface area contributed by atoms with Crippen LogP contribution < -0.4 is 5.32 Å². The number of rotatable bonds is 6. The Bertz CT molecular complexity index is 1140. The highest BCUT2D eigenvalue weighted by atomic mass is 16.1. The number of aromatic nitrogens is 4. The van der Waals surface area contributed by atoms with Crippen LogP contribution >= 0.6 is 0 Å². The number of hydrogen-bond acceptors (Lipinski definition) is 4. The summed E-state index contributed by atoms with van der Waals surface area (Å²) in [5, 5.41) is 10.2. The second kappa shape index (κ2) is 7.48. The van der Waals surface area contributed by atoms with E-state index in [4.69, 9.17) is 0 Å². The molecule has 0 aliphatic heterocycles. The van der Waals surface area contributed by atoms with Gasteiger partial charge in [-0.2, -0.15) is 5.10 Å². The van der Waals surface area contributed by atoms with Crippen molar-refractivity contribution >= 4 is 22.6 Å². The minimum Gasteiger partial charge on any atom is -0.361 e. The Morgan fingerprint density at radius 1 is 1.18 bits per heavy atom. The molecule has 7 heteroatoms. The first-order chi connectivity index (χ1) is 13.6. The smallest absolute Gasteiger partial charge is 0.269 e. The highest BCUT2D eigenvalue weighted by Gasteiger charge is 2.15. The van der Waals surface area contributed by atoms with Gasteiger partial charge in [-0.1, -0.05) is 12.1 Å². The maximum atomic E-state index is 12.7. The van der Waals surface area contributed by atoms with Crippen molar-refractivity contribution in [2.45, 2.75) is 12.8 Å². The Morgan fingerprint density at radius 2 is 2.07 bits per heavy atom. The van der Waals surface area contributed by atoms with Crippen molar-refractivity contribution in [3.63, 3.8) is 0 Å². The predicted octanol–water partition coefficient (Wildman–Crippen LogP) is 2.66. The van der Waals surface area contributed by atoms with Crippen LogP contribution in [-0.4, -0.2) is 38.9 Å². The van der Waals surface area contributed by atoms with Gasteiger partial charge in [-0.15, -0.1) is 0 Å². The van der Waals surface area contributed by atoms with E-state index in [1.54, 1.807) is 31.6 Å². The minimum absolute atomic E-state index is 0.0879. The number of fused-ring (bicyclic) bond motifs is 1. The molecule has 140 valence electrons. The van der Waals surface area contributed by atoms with E-state index >= 15 is 0 Å². The zero-order valence-corrected chi connectivity index (χ0v) is 15.3. The number of nitrogens with one attached hydrogen (secondary N) is 3. The number of H-pyrrole nitrogens is 2. The minimum atomic E-state index is -0.320. The predicted molar refractivity (Wildman–Crippen MR) is 105 cm³/mol. The van der Waals surface area contributed by atoms with Crippen molar-refractivity contribution in [3.05, 3.63) is 83.1 Å². The highest BCUT2D eigenvalue weighted by molar-refractivity contribution is 6.00. The summed E-state index contributed by atoms with van der Waals surface area (Å²) in [5.41, 5.74) is 4.28. The van der Waals surface area contributed by atoms with Gasteiger partial charge < -0.3 is 10.3 Å². The summed E-state index contributed by atoms with van der Waals surface area (Å²) in [5.74, 6) is -0.408. The number of nitrogens with zero attached hydrogens (tertiary/aromatic N) is 2. The lowest BCUT2D eigenvalue weighted by atomic mass is 10.0. The summed E-state index contributed by atoms with van der Waals surface area (Å²) >= 11 is 0. The third-order valence-electron chi connectivity index (χ3n) is 4.64. The molecule has 0 bridgehead atoms. The number of hydrogen-bond donors (Lipinski definition) is 3. The lowest BCUT2D eigenvalue weighted by Crippen LogP contribution is -2.21. The molecular formula is C21H19N5O2. The highest BCUT2D eigenvalue weighted by Crippen LogP contribution is 2.21. The number of amides is 1. The molecule has 0 saturated carbocycles. The monoisotopic (exact) mass is 373 g/mol. The van der Waals surface area contributed by atoms with Crippen molar-refractivity contribution in [2.75, 3.05) is 7.05 Å². The van der Waals surface area contributed by atoms with Gasteiger partial charge in [0.15, 0.2) is 5.78 Å². The Morgan fingerprint density at radius 3 is 2.86 bits per heavy atom. The lowest BCUT2D eigenvalue weighted by molar-refractivity contribution is 0.0958. The van der Waals surface area contributed by atoms with Gasteiger partial charge in [-0.3, -0.25) is 14.7 Å². The largest absolute Gasteiger partial charge is 0.361 e. The summed E-state index contributed by atoms with van der Waals surface area (Å²) < 4.78 is 0. The normalized spacial score (nSPS) is 10.9. The number of carbonyl (C=O) groups excluding carboxylic acids is 2. The van der Waals surface area contributed by atoms with Crippen molar-refractivity contribution < 1.29 is 9.59 Å². The quantitative estimate of drug-likeness (QED) is 0.452.